The summed E-state index contributed by atoms with van der Waals surface area (Å²) >= 11 is 0. The fourth-order valence-electron chi connectivity index (χ4n) is 2.79. The molecule has 168 valence electrons. The van der Waals surface area contributed by atoms with Crippen molar-refractivity contribution < 1.29 is 24.1 Å². The Kier molecular flexibility index (Phi) is 12.1. The molecule has 0 saturated carbocycles. The van der Waals surface area contributed by atoms with Crippen molar-refractivity contribution in [2.24, 2.45) is 0 Å². The number of rotatable bonds is 15. The molecule has 0 bridgehead atoms. The zero-order valence-electron chi connectivity index (χ0n) is 18.6. The molecule has 31 heavy (non-hydrogen) atoms. The van der Waals surface area contributed by atoms with E-state index in [9.17, 15) is 0 Å². The molecule has 0 unspecified atom stereocenters. The summed E-state index contributed by atoms with van der Waals surface area (Å²) in [6.45, 7) is 5.70. The second-order valence-electron chi connectivity index (χ2n) is 6.87. The first-order valence-corrected chi connectivity index (χ1v) is 10.9. The average molecular weight is 427 g/mol. The van der Waals surface area contributed by atoms with Crippen molar-refractivity contribution in [2.75, 3.05) is 33.4 Å². The molecule has 2 aromatic carbocycles. The first-order valence-electron chi connectivity index (χ1n) is 10.9. The van der Waals surface area contributed by atoms with Gasteiger partial charge in [-0.15, -0.1) is 0 Å². The van der Waals surface area contributed by atoms with Crippen LogP contribution in [0.2, 0.25) is 0 Å². The van der Waals surface area contributed by atoms with Gasteiger partial charge in [0.05, 0.1) is 0 Å². The van der Waals surface area contributed by atoms with E-state index >= 15 is 0 Å². The van der Waals surface area contributed by atoms with E-state index in [0.29, 0.717) is 24.7 Å². The first-order chi connectivity index (χ1) is 15.2. The van der Waals surface area contributed by atoms with Crippen molar-refractivity contribution in [3.05, 3.63) is 65.2 Å². The topological polar surface area (TPSA) is 57.2 Å². The summed E-state index contributed by atoms with van der Waals surface area (Å²) in [4.78, 5) is 0. The molecule has 0 atom stereocenters. The van der Waals surface area contributed by atoms with Crippen LogP contribution in [0, 0.1) is 0 Å². The van der Waals surface area contributed by atoms with Gasteiger partial charge < -0.3 is 24.1 Å². The monoisotopic (exact) mass is 426 g/mol. The number of hydrogen-bond donors (Lipinski definition) is 1. The van der Waals surface area contributed by atoms with E-state index in [0.717, 1.165) is 36.0 Å². The van der Waals surface area contributed by atoms with Crippen LogP contribution in [0.25, 0.3) is 18.2 Å². The van der Waals surface area contributed by atoms with Crippen LogP contribution in [-0.4, -0.2) is 38.5 Å². The Labute approximate surface area is 185 Å². The molecule has 2 aromatic rings. The molecule has 0 aliphatic carbocycles. The van der Waals surface area contributed by atoms with Crippen molar-refractivity contribution >= 4 is 18.2 Å². The quantitative estimate of drug-likeness (QED) is 0.222. The summed E-state index contributed by atoms with van der Waals surface area (Å²) in [5, 5.41) is 8.85. The van der Waals surface area contributed by atoms with E-state index in [-0.39, 0.29) is 20.2 Å². The highest BCUT2D eigenvalue weighted by molar-refractivity contribution is 5.72. The lowest BCUT2D eigenvalue weighted by Crippen LogP contribution is -2.04. The third kappa shape index (κ3) is 10.3. The van der Waals surface area contributed by atoms with E-state index in [1.165, 1.54) is 0 Å². The van der Waals surface area contributed by atoms with Gasteiger partial charge in [0.25, 0.3) is 0 Å². The van der Waals surface area contributed by atoms with Gasteiger partial charge in [0, 0.05) is 25.9 Å². The third-order valence-electron chi connectivity index (χ3n) is 4.40. The molecular weight excluding hydrogens is 392 g/mol. The predicted octanol–water partition coefficient (Wildman–Crippen LogP) is 5.78. The second-order valence-corrected chi connectivity index (χ2v) is 6.87. The van der Waals surface area contributed by atoms with Crippen molar-refractivity contribution in [1.29, 1.82) is 0 Å². The minimum absolute atomic E-state index is 0.196. The summed E-state index contributed by atoms with van der Waals surface area (Å²) in [6, 6.07) is 14.1. The fraction of sp³-hybridized carbons (Fsp3) is 0.385. The highest BCUT2D eigenvalue weighted by Gasteiger charge is 2.03. The van der Waals surface area contributed by atoms with Gasteiger partial charge in [0.15, 0.2) is 13.6 Å². The molecule has 1 N–H and O–H groups in total. The Morgan fingerprint density at radius 3 is 1.97 bits per heavy atom. The van der Waals surface area contributed by atoms with E-state index < -0.39 is 0 Å². The molecule has 0 spiro atoms. The lowest BCUT2D eigenvalue weighted by atomic mass is 10.1. The molecule has 0 aliphatic rings. The van der Waals surface area contributed by atoms with E-state index in [2.05, 4.69) is 36.4 Å². The van der Waals surface area contributed by atoms with Crippen LogP contribution < -0.4 is 9.47 Å². The van der Waals surface area contributed by atoms with E-state index in [1.807, 2.05) is 44.2 Å². The maximum Gasteiger partial charge on any atom is 0.189 e. The van der Waals surface area contributed by atoms with Crippen LogP contribution in [0.1, 0.15) is 49.8 Å². The van der Waals surface area contributed by atoms with Crippen LogP contribution in [0.5, 0.6) is 11.5 Å². The normalized spacial score (nSPS) is 11.5. The van der Waals surface area contributed by atoms with Crippen LogP contribution in [0.3, 0.4) is 0 Å². The molecule has 0 fully saturated rings. The van der Waals surface area contributed by atoms with Gasteiger partial charge in [-0.3, -0.25) is 0 Å². The Hall–Kier alpha value is -2.60. The number of allylic oxidation sites excluding steroid dienone is 1. The molecular formula is C26H34O5. The molecule has 5 heteroatoms. The highest BCUT2D eigenvalue weighted by Crippen LogP contribution is 2.25. The first kappa shape index (κ1) is 24.7. The van der Waals surface area contributed by atoms with Crippen LogP contribution in [-0.2, 0) is 9.47 Å². The molecule has 5 nitrogen and oxygen atoms in total. The summed E-state index contributed by atoms with van der Waals surface area (Å²) in [5.74, 6) is 1.36. The number of aliphatic hydroxyl groups is 1. The van der Waals surface area contributed by atoms with Gasteiger partial charge in [-0.2, -0.15) is 0 Å². The summed E-state index contributed by atoms with van der Waals surface area (Å²) in [6.07, 6.45) is 11.2. The van der Waals surface area contributed by atoms with Gasteiger partial charge in [0.2, 0.25) is 0 Å². The molecule has 2 rings (SSSR count). The van der Waals surface area contributed by atoms with E-state index in [4.69, 9.17) is 24.1 Å². The molecule has 0 saturated heterocycles. The van der Waals surface area contributed by atoms with Gasteiger partial charge in [0.1, 0.15) is 11.5 Å². The molecule has 0 radical (unpaired) electrons. The summed E-state index contributed by atoms with van der Waals surface area (Å²) in [5.41, 5.74) is 3.22. The standard InChI is InChI=1S/C26H34O5/c1-3-28-20-30-25-17-24(18-26(19-25)31-21-29-4-2)14-13-23-12-9-11-22(16-23)10-7-5-6-8-15-27/h7,9-14,16-19,27H,3-6,8,15,20-21H2,1-2H3/b10-7+,14-13+. The SMILES string of the molecule is CCOCOc1cc(/C=C/c2cccc(/C=C/CCCCO)c2)cc(OCOCC)c1. The van der Waals surface area contributed by atoms with Crippen LogP contribution in [0.15, 0.2) is 48.5 Å². The number of benzene rings is 2. The fourth-order valence-corrected chi connectivity index (χ4v) is 2.79. The van der Waals surface area contributed by atoms with Crippen molar-refractivity contribution in [1.82, 2.24) is 0 Å². The molecule has 0 amide bonds. The Balaban J connectivity index is 2.09. The predicted molar refractivity (Wildman–Crippen MR) is 126 cm³/mol. The highest BCUT2D eigenvalue weighted by atomic mass is 16.7. The van der Waals surface area contributed by atoms with E-state index in [1.54, 1.807) is 0 Å². The summed E-state index contributed by atoms with van der Waals surface area (Å²) in [7, 11) is 0. The third-order valence-corrected chi connectivity index (χ3v) is 4.40. The smallest absolute Gasteiger partial charge is 0.189 e. The van der Waals surface area contributed by atoms with Gasteiger partial charge in [-0.05, 0) is 68.0 Å². The zero-order chi connectivity index (χ0) is 22.2. The van der Waals surface area contributed by atoms with Crippen molar-refractivity contribution in [2.45, 2.75) is 33.1 Å². The Bertz CT molecular complexity index is 785. The Morgan fingerprint density at radius 2 is 1.35 bits per heavy atom. The average Bonchev–Trinajstić information content (AvgIpc) is 2.78. The number of unbranched alkanes of at least 4 members (excludes halogenated alkanes) is 2. The summed E-state index contributed by atoms with van der Waals surface area (Å²) < 4.78 is 21.9. The van der Waals surface area contributed by atoms with Crippen molar-refractivity contribution in [3.63, 3.8) is 0 Å². The largest absolute Gasteiger partial charge is 0.467 e. The molecule has 0 heterocycles. The van der Waals surface area contributed by atoms with Crippen LogP contribution in [0.4, 0.5) is 0 Å². The van der Waals surface area contributed by atoms with Gasteiger partial charge in [-0.25, -0.2) is 0 Å². The number of aliphatic hydroxyl groups excluding tert-OH is 1. The maximum absolute atomic E-state index is 8.85. The lowest BCUT2D eigenvalue weighted by molar-refractivity contribution is 0.0182. The zero-order valence-corrected chi connectivity index (χ0v) is 18.6. The number of hydrogen-bond acceptors (Lipinski definition) is 5. The van der Waals surface area contributed by atoms with Gasteiger partial charge in [-0.1, -0.05) is 42.5 Å². The minimum Gasteiger partial charge on any atom is -0.467 e. The lowest BCUT2D eigenvalue weighted by Gasteiger charge is -2.11. The molecule has 0 aliphatic heterocycles. The second kappa shape index (κ2) is 15.2. The molecule has 0 aromatic heterocycles. The Morgan fingerprint density at radius 1 is 0.742 bits per heavy atom. The maximum atomic E-state index is 8.85. The minimum atomic E-state index is 0.196. The number of ether oxygens (including phenoxy) is 4. The van der Waals surface area contributed by atoms with Crippen molar-refractivity contribution in [3.8, 4) is 11.5 Å². The van der Waals surface area contributed by atoms with Crippen LogP contribution >= 0.6 is 0 Å². The van der Waals surface area contributed by atoms with Gasteiger partial charge >= 0.3 is 0 Å².